The van der Waals surface area contributed by atoms with Crippen LogP contribution in [-0.2, 0) is 0 Å². The zero-order valence-electron chi connectivity index (χ0n) is 9.19. The first-order chi connectivity index (χ1) is 7.25. The topological polar surface area (TPSA) is 32.3 Å². The van der Waals surface area contributed by atoms with Gasteiger partial charge in [0.1, 0.15) is 0 Å². The molecule has 1 aliphatic rings. The van der Waals surface area contributed by atoms with Crippen LogP contribution in [0.1, 0.15) is 31.2 Å². The van der Waals surface area contributed by atoms with E-state index in [2.05, 4.69) is 35.6 Å². The summed E-state index contributed by atoms with van der Waals surface area (Å²) in [4.78, 5) is 0. The maximum Gasteiger partial charge on any atom is 0.0636 e. The summed E-state index contributed by atoms with van der Waals surface area (Å²) >= 11 is 0. The lowest BCUT2D eigenvalue weighted by Gasteiger charge is -2.36. The summed E-state index contributed by atoms with van der Waals surface area (Å²) < 4.78 is 0. The molecule has 15 heavy (non-hydrogen) atoms. The van der Waals surface area contributed by atoms with Gasteiger partial charge in [-0.05, 0) is 31.2 Å². The van der Waals surface area contributed by atoms with Crippen molar-refractivity contribution in [2.24, 2.45) is 0 Å². The van der Waals surface area contributed by atoms with Gasteiger partial charge in [0.15, 0.2) is 0 Å². The van der Waals surface area contributed by atoms with Gasteiger partial charge in [0.2, 0.25) is 0 Å². The van der Waals surface area contributed by atoms with Gasteiger partial charge < -0.3 is 10.4 Å². The Morgan fingerprint density at radius 1 is 1.33 bits per heavy atom. The molecule has 0 unspecified atom stereocenters. The van der Waals surface area contributed by atoms with Gasteiger partial charge in [-0.15, -0.1) is 0 Å². The third kappa shape index (κ3) is 2.80. The molecule has 1 saturated carbocycles. The summed E-state index contributed by atoms with van der Waals surface area (Å²) in [6.45, 7) is 2.53. The number of hydrogen-bond donors (Lipinski definition) is 2. The van der Waals surface area contributed by atoms with E-state index in [4.69, 9.17) is 5.11 Å². The summed E-state index contributed by atoms with van der Waals surface area (Å²) in [5, 5.41) is 12.5. The first-order valence-corrected chi connectivity index (χ1v) is 5.72. The highest BCUT2D eigenvalue weighted by Gasteiger charge is 2.29. The molecule has 2 rings (SSSR count). The number of aliphatic hydroxyl groups is 1. The Bertz CT molecular complexity index is 291. The molecule has 2 N–H and O–H groups in total. The summed E-state index contributed by atoms with van der Waals surface area (Å²) in [6.07, 6.45) is 2.17. The van der Waals surface area contributed by atoms with Crippen LogP contribution in [0.4, 0.5) is 0 Å². The summed E-state index contributed by atoms with van der Waals surface area (Å²) in [5.74, 6) is 0.720. The highest BCUT2D eigenvalue weighted by atomic mass is 16.3. The Kier molecular flexibility index (Phi) is 3.39. The van der Waals surface area contributed by atoms with Crippen molar-refractivity contribution in [2.45, 2.75) is 37.8 Å². The van der Waals surface area contributed by atoms with Gasteiger partial charge in [-0.2, -0.15) is 0 Å². The van der Waals surface area contributed by atoms with E-state index in [9.17, 15) is 0 Å². The lowest BCUT2D eigenvalue weighted by molar-refractivity contribution is 0.171. The Hall–Kier alpha value is -0.860. The fraction of sp³-hybridized carbons (Fsp3) is 0.538. The highest BCUT2D eigenvalue weighted by molar-refractivity contribution is 5.22. The van der Waals surface area contributed by atoms with Gasteiger partial charge in [0.25, 0.3) is 0 Å². The van der Waals surface area contributed by atoms with Crippen LogP contribution < -0.4 is 5.32 Å². The van der Waals surface area contributed by atoms with Crippen molar-refractivity contribution in [3.8, 4) is 0 Å². The molecule has 1 atom stereocenters. The predicted octanol–water partition coefficient (Wildman–Crippen LogP) is 1.90. The standard InChI is InChI=1S/C13H19NO/c1-10(15)9-14-13-7-12(8-13)11-5-3-2-4-6-11/h2-6,10,12-15H,7-9H2,1H3/t10-,12?,13?/m1/s1. The fourth-order valence-electron chi connectivity index (χ4n) is 2.12. The minimum Gasteiger partial charge on any atom is -0.392 e. The SMILES string of the molecule is C[C@@H](O)CNC1CC(c2ccccc2)C1. The van der Waals surface area contributed by atoms with Crippen molar-refractivity contribution >= 4 is 0 Å². The largest absolute Gasteiger partial charge is 0.392 e. The number of hydrogen-bond acceptors (Lipinski definition) is 2. The zero-order chi connectivity index (χ0) is 10.7. The molecular weight excluding hydrogens is 186 g/mol. The third-order valence-corrected chi connectivity index (χ3v) is 3.11. The normalized spacial score (nSPS) is 27.1. The van der Waals surface area contributed by atoms with Gasteiger partial charge in [-0.1, -0.05) is 30.3 Å². The fourth-order valence-corrected chi connectivity index (χ4v) is 2.12. The molecule has 0 amide bonds. The highest BCUT2D eigenvalue weighted by Crippen LogP contribution is 2.36. The molecule has 1 aromatic rings. The molecular formula is C13H19NO. The van der Waals surface area contributed by atoms with E-state index in [0.29, 0.717) is 12.6 Å². The first kappa shape index (κ1) is 10.7. The van der Waals surface area contributed by atoms with Crippen molar-refractivity contribution in [3.63, 3.8) is 0 Å². The smallest absolute Gasteiger partial charge is 0.0636 e. The summed E-state index contributed by atoms with van der Waals surface area (Å²) in [5.41, 5.74) is 1.45. The average molecular weight is 205 g/mol. The number of aliphatic hydroxyl groups excluding tert-OH is 1. The number of benzene rings is 1. The molecule has 2 nitrogen and oxygen atoms in total. The van der Waals surface area contributed by atoms with Crippen molar-refractivity contribution in [2.75, 3.05) is 6.54 Å². The van der Waals surface area contributed by atoms with E-state index >= 15 is 0 Å². The van der Waals surface area contributed by atoms with Gasteiger partial charge in [-0.25, -0.2) is 0 Å². The molecule has 0 radical (unpaired) electrons. The maximum atomic E-state index is 9.14. The Morgan fingerprint density at radius 3 is 2.60 bits per heavy atom. The molecule has 0 aliphatic heterocycles. The van der Waals surface area contributed by atoms with Crippen molar-refractivity contribution in [1.29, 1.82) is 0 Å². The van der Waals surface area contributed by atoms with Crippen LogP contribution in [0.3, 0.4) is 0 Å². The Morgan fingerprint density at radius 2 is 2.00 bits per heavy atom. The average Bonchev–Trinajstić information content (AvgIpc) is 2.16. The van der Waals surface area contributed by atoms with E-state index in [1.165, 1.54) is 18.4 Å². The van der Waals surface area contributed by atoms with Crippen molar-refractivity contribution in [1.82, 2.24) is 5.32 Å². The molecule has 2 heteroatoms. The lowest BCUT2D eigenvalue weighted by atomic mass is 9.76. The summed E-state index contributed by atoms with van der Waals surface area (Å²) in [6, 6.07) is 11.3. The van der Waals surface area contributed by atoms with Gasteiger partial charge in [0, 0.05) is 12.6 Å². The molecule has 0 bridgehead atoms. The van der Waals surface area contributed by atoms with Crippen LogP contribution in [-0.4, -0.2) is 23.8 Å². The van der Waals surface area contributed by atoms with E-state index in [0.717, 1.165) is 5.92 Å². The summed E-state index contributed by atoms with van der Waals surface area (Å²) in [7, 11) is 0. The number of rotatable bonds is 4. The minimum absolute atomic E-state index is 0.235. The van der Waals surface area contributed by atoms with Crippen molar-refractivity contribution < 1.29 is 5.11 Å². The van der Waals surface area contributed by atoms with Crippen LogP contribution in [0.5, 0.6) is 0 Å². The third-order valence-electron chi connectivity index (χ3n) is 3.11. The molecule has 0 heterocycles. The van der Waals surface area contributed by atoms with Gasteiger partial charge in [0.05, 0.1) is 6.10 Å². The monoisotopic (exact) mass is 205 g/mol. The molecule has 1 fully saturated rings. The van der Waals surface area contributed by atoms with Gasteiger partial charge >= 0.3 is 0 Å². The van der Waals surface area contributed by atoms with Gasteiger partial charge in [-0.3, -0.25) is 0 Å². The molecule has 1 aromatic carbocycles. The maximum absolute atomic E-state index is 9.14. The predicted molar refractivity (Wildman–Crippen MR) is 61.9 cm³/mol. The Labute approximate surface area is 91.3 Å². The molecule has 0 spiro atoms. The second-order valence-electron chi connectivity index (χ2n) is 4.53. The lowest BCUT2D eigenvalue weighted by Crippen LogP contribution is -2.42. The second kappa shape index (κ2) is 4.77. The van der Waals surface area contributed by atoms with Crippen LogP contribution >= 0.6 is 0 Å². The number of nitrogens with one attached hydrogen (secondary N) is 1. The molecule has 0 aromatic heterocycles. The quantitative estimate of drug-likeness (QED) is 0.787. The second-order valence-corrected chi connectivity index (χ2v) is 4.53. The van der Waals surface area contributed by atoms with Crippen LogP contribution in [0, 0.1) is 0 Å². The zero-order valence-corrected chi connectivity index (χ0v) is 9.19. The van der Waals surface area contributed by atoms with E-state index in [1.807, 2.05) is 6.92 Å². The van der Waals surface area contributed by atoms with E-state index in [-0.39, 0.29) is 6.10 Å². The Balaban J connectivity index is 1.74. The molecule has 0 saturated heterocycles. The van der Waals surface area contributed by atoms with Crippen molar-refractivity contribution in [3.05, 3.63) is 35.9 Å². The van der Waals surface area contributed by atoms with E-state index < -0.39 is 0 Å². The minimum atomic E-state index is -0.235. The van der Waals surface area contributed by atoms with Crippen LogP contribution in [0.25, 0.3) is 0 Å². The van der Waals surface area contributed by atoms with Crippen LogP contribution in [0.2, 0.25) is 0 Å². The van der Waals surface area contributed by atoms with Crippen LogP contribution in [0.15, 0.2) is 30.3 Å². The van der Waals surface area contributed by atoms with E-state index in [1.54, 1.807) is 0 Å². The first-order valence-electron chi connectivity index (χ1n) is 5.72. The molecule has 1 aliphatic carbocycles. The molecule has 82 valence electrons.